The van der Waals surface area contributed by atoms with E-state index in [1.165, 1.54) is 47.7 Å². The summed E-state index contributed by atoms with van der Waals surface area (Å²) in [4.78, 5) is 0. The van der Waals surface area contributed by atoms with Crippen LogP contribution in [0.1, 0.15) is 0 Å². The van der Waals surface area contributed by atoms with Gasteiger partial charge in [0.1, 0.15) is 0 Å². The molecule has 12 heteroatoms. The van der Waals surface area contributed by atoms with Gasteiger partial charge >= 0.3 is 51.0 Å². The number of benzene rings is 9. The second-order valence-corrected chi connectivity index (χ2v) is 21.2. The van der Waals surface area contributed by atoms with E-state index in [1.807, 2.05) is 0 Å². The van der Waals surface area contributed by atoms with E-state index in [4.69, 9.17) is 15.7 Å². The number of hydrogen-bond acceptors (Lipinski definition) is 4. The molecule has 0 aromatic heterocycles. The van der Waals surface area contributed by atoms with Crippen LogP contribution in [-0.2, 0) is 91.6 Å². The van der Waals surface area contributed by atoms with Gasteiger partial charge in [-0.3, -0.25) is 0 Å². The van der Waals surface area contributed by atoms with E-state index in [9.17, 15) is 0 Å². The third kappa shape index (κ3) is 19.5. The normalized spacial score (nSPS) is 10.0. The molecular formula is C54H47Au3MnO5P3. The van der Waals surface area contributed by atoms with Crippen molar-refractivity contribution in [3.63, 3.8) is 0 Å². The summed E-state index contributed by atoms with van der Waals surface area (Å²) in [7, 11) is -1.34. The fraction of sp³-hybridized carbons (Fsp3) is 0. The third-order valence-corrected chi connectivity index (χ3v) is 16.5. The van der Waals surface area contributed by atoms with Crippen LogP contribution < -0.4 is 51.9 Å². The molecule has 0 heterocycles. The second kappa shape index (κ2) is 32.1. The van der Waals surface area contributed by atoms with Crippen molar-refractivity contribution in [2.45, 2.75) is 0 Å². The second-order valence-electron chi connectivity index (χ2n) is 13.4. The zero-order valence-electron chi connectivity index (χ0n) is 35.2. The molecule has 2 radical (unpaired) electrons. The minimum Gasteiger partial charge on any atom is -0.0622 e. The summed E-state index contributed by atoms with van der Waals surface area (Å²) in [6.45, 7) is 0. The van der Waals surface area contributed by atoms with E-state index in [2.05, 4.69) is 273 Å². The van der Waals surface area contributed by atoms with Crippen LogP contribution in [0.15, 0.2) is 273 Å². The van der Waals surface area contributed by atoms with Crippen molar-refractivity contribution in [3.05, 3.63) is 273 Å². The molecule has 0 fully saturated rings. The predicted molar refractivity (Wildman–Crippen MR) is 261 cm³/mol. The molecule has 2 N–H and O–H groups in total. The first kappa shape index (κ1) is 58.5. The SMILES string of the molecule is O.[Au+].[Au].[Au].[O]=[Mn](=[O])(=[O])[O-].c1ccc(P(c2ccccc2)c2ccccc2)cc1.c1ccc(P(c2ccccc2)c2ccccc2)cc1.c1ccc(P(c2ccccc2)c2ccccc2)cc1. The van der Waals surface area contributed by atoms with Crippen molar-refractivity contribution in [1.82, 2.24) is 0 Å². The van der Waals surface area contributed by atoms with Crippen LogP contribution in [0.4, 0.5) is 0 Å². The summed E-state index contributed by atoms with van der Waals surface area (Å²) in [5.41, 5.74) is 0. The minimum atomic E-state index is -5.62. The van der Waals surface area contributed by atoms with Gasteiger partial charge < -0.3 is 5.48 Å². The van der Waals surface area contributed by atoms with E-state index in [0.29, 0.717) is 0 Å². The molecule has 348 valence electrons. The van der Waals surface area contributed by atoms with Crippen LogP contribution in [0.2, 0.25) is 0 Å². The molecule has 0 aliphatic heterocycles. The Hall–Kier alpha value is -3.67. The maximum absolute atomic E-state index is 8.58. The summed E-state index contributed by atoms with van der Waals surface area (Å²) in [6.07, 6.45) is 0. The summed E-state index contributed by atoms with van der Waals surface area (Å²) in [5.74, 6) is 0. The fourth-order valence-corrected chi connectivity index (χ4v) is 13.5. The van der Waals surface area contributed by atoms with Crippen molar-refractivity contribution in [3.8, 4) is 0 Å². The standard InChI is InChI=1S/3C18H15P.3Au.Mn.H2O.4O/c3*1-4-10-16(11-5-1)19(17-12-6-2-7-13-17)18-14-8-3-9-15-18;;;;;;;;;/h3*1-15H;;;;;1H2;;;;/q;;;;;+1;;;;;;-1. The Labute approximate surface area is 441 Å². The Morgan fingerprint density at radius 3 is 0.394 bits per heavy atom. The molecule has 5 nitrogen and oxygen atoms in total. The van der Waals surface area contributed by atoms with E-state index in [-0.39, 0.29) is 72.6 Å². The maximum atomic E-state index is 8.58. The van der Waals surface area contributed by atoms with Gasteiger partial charge in [-0.05, 0) is 71.5 Å². The average Bonchev–Trinajstić information content (AvgIpc) is 3.32. The van der Waals surface area contributed by atoms with E-state index >= 15 is 0 Å². The summed E-state index contributed by atoms with van der Waals surface area (Å²) in [6, 6.07) is 97.0. The number of hydrogen-bond donors (Lipinski definition) is 0. The van der Waals surface area contributed by atoms with Crippen LogP contribution in [-0.4, -0.2) is 5.48 Å². The first-order valence-electron chi connectivity index (χ1n) is 19.8. The minimum absolute atomic E-state index is 0. The van der Waals surface area contributed by atoms with Crippen LogP contribution in [0.5, 0.6) is 0 Å². The Morgan fingerprint density at radius 2 is 0.318 bits per heavy atom. The van der Waals surface area contributed by atoms with Crippen molar-refractivity contribution < 1.29 is 101 Å². The molecule has 0 saturated heterocycles. The topological polar surface area (TPSA) is 106 Å². The van der Waals surface area contributed by atoms with Gasteiger partial charge in [-0.25, -0.2) is 0 Å². The van der Waals surface area contributed by atoms with Crippen molar-refractivity contribution in [1.29, 1.82) is 0 Å². The van der Waals surface area contributed by atoms with Gasteiger partial charge in [0, 0.05) is 44.8 Å². The van der Waals surface area contributed by atoms with Gasteiger partial charge in [0.25, 0.3) is 0 Å². The molecule has 0 amide bonds. The third-order valence-electron chi connectivity index (χ3n) is 9.13. The molecule has 0 spiro atoms. The van der Waals surface area contributed by atoms with E-state index in [0.717, 1.165) is 0 Å². The predicted octanol–water partition coefficient (Wildman–Crippen LogP) is 7.95. The summed E-state index contributed by atoms with van der Waals surface area (Å²) in [5, 5.41) is 12.6. The maximum Gasteiger partial charge on any atom is -0.0134 e. The monoisotopic (exact) mass is 1510 g/mol. The zero-order valence-corrected chi connectivity index (χ0v) is 45.6. The molecule has 9 aromatic carbocycles. The van der Waals surface area contributed by atoms with Gasteiger partial charge in [0.15, 0.2) is 0 Å². The largest absolute Gasteiger partial charge is 0.0622 e. The molecule has 66 heavy (non-hydrogen) atoms. The zero-order chi connectivity index (χ0) is 43.2. The average molecular weight is 1510 g/mol. The van der Waals surface area contributed by atoms with Crippen molar-refractivity contribution in [2.24, 2.45) is 0 Å². The molecular weight excluding hydrogens is 1470 g/mol. The van der Waals surface area contributed by atoms with E-state index < -0.39 is 36.7 Å². The quantitative estimate of drug-likeness (QED) is 0.108. The first-order chi connectivity index (χ1) is 30.3. The smallest absolute Gasteiger partial charge is 0.0134 e. The Balaban J connectivity index is 0.000000314. The van der Waals surface area contributed by atoms with Gasteiger partial charge in [0.2, 0.25) is 0 Å². The molecule has 0 unspecified atom stereocenters. The van der Waals surface area contributed by atoms with Gasteiger partial charge in [0.05, 0.1) is 0 Å². The Kier molecular flexibility index (Phi) is 28.5. The first-order valence-corrected chi connectivity index (χ1v) is 25.8. The molecule has 0 aliphatic carbocycles. The van der Waals surface area contributed by atoms with Crippen LogP contribution in [0.25, 0.3) is 0 Å². The molecule has 0 bridgehead atoms. The van der Waals surface area contributed by atoms with Crippen LogP contribution >= 0.6 is 23.8 Å². The van der Waals surface area contributed by atoms with Gasteiger partial charge in [-0.2, -0.15) is 0 Å². The Morgan fingerprint density at radius 1 is 0.242 bits per heavy atom. The van der Waals surface area contributed by atoms with Gasteiger partial charge in [-0.15, -0.1) is 0 Å². The Bertz CT molecular complexity index is 2220. The van der Waals surface area contributed by atoms with Crippen LogP contribution in [0, 0.1) is 0 Å². The van der Waals surface area contributed by atoms with Crippen molar-refractivity contribution in [2.75, 3.05) is 0 Å². The molecule has 0 saturated carbocycles. The number of rotatable bonds is 9. The fourth-order valence-electron chi connectivity index (χ4n) is 6.54. The molecule has 0 atom stereocenters. The molecule has 0 aliphatic rings. The van der Waals surface area contributed by atoms with Crippen molar-refractivity contribution >= 4 is 71.5 Å². The summed E-state index contributed by atoms with van der Waals surface area (Å²) < 4.78 is 34.3. The van der Waals surface area contributed by atoms with Gasteiger partial charge in [-0.1, -0.05) is 273 Å². The van der Waals surface area contributed by atoms with Crippen LogP contribution in [0.3, 0.4) is 0 Å². The molecule has 9 aromatic rings. The van der Waals surface area contributed by atoms with E-state index in [1.54, 1.807) is 0 Å². The molecule has 9 rings (SSSR count). The summed E-state index contributed by atoms with van der Waals surface area (Å²) >= 11 is -5.62.